The summed E-state index contributed by atoms with van der Waals surface area (Å²) >= 11 is 0. The summed E-state index contributed by atoms with van der Waals surface area (Å²) in [7, 11) is 0. The van der Waals surface area contributed by atoms with Crippen LogP contribution in [0.2, 0.25) is 0 Å². The standard InChI is InChI=1S/C43H50N2O10/c1-7-49-38(42(46)47)24-30-12-16-34(17-13-30)51-22-20-36-28(5)54-40(44-36)32-10-9-11-33(26-32)41-45-37(29(6)55-41)21-23-52-35-18-14-31(15-19-35)25-39(50-8-2)43(48)53-27(3)4/h9-19,26-27,38-39H,7-8,20-25H2,1-6H3,(H,46,47)/t38-,39?/m0/s1. The first-order valence-electron chi connectivity index (χ1n) is 18.7. The van der Waals surface area contributed by atoms with E-state index in [0.717, 1.165) is 33.6 Å². The highest BCUT2D eigenvalue weighted by Crippen LogP contribution is 2.29. The van der Waals surface area contributed by atoms with Gasteiger partial charge >= 0.3 is 11.9 Å². The van der Waals surface area contributed by atoms with Crippen molar-refractivity contribution in [2.24, 2.45) is 0 Å². The Morgan fingerprint density at radius 3 is 1.58 bits per heavy atom. The Hall–Kier alpha value is -5.46. The summed E-state index contributed by atoms with van der Waals surface area (Å²) in [6.45, 7) is 12.6. The van der Waals surface area contributed by atoms with E-state index in [0.29, 0.717) is 80.5 Å². The molecule has 0 bridgehead atoms. The van der Waals surface area contributed by atoms with Gasteiger partial charge in [-0.05, 0) is 95.1 Å². The molecule has 0 saturated heterocycles. The maximum Gasteiger partial charge on any atom is 0.335 e. The third-order valence-corrected chi connectivity index (χ3v) is 8.67. The van der Waals surface area contributed by atoms with Crippen LogP contribution in [0.25, 0.3) is 22.9 Å². The van der Waals surface area contributed by atoms with E-state index in [2.05, 4.69) is 0 Å². The minimum atomic E-state index is -0.978. The van der Waals surface area contributed by atoms with Gasteiger partial charge in [-0.3, -0.25) is 0 Å². The normalized spacial score (nSPS) is 12.4. The third-order valence-electron chi connectivity index (χ3n) is 8.67. The van der Waals surface area contributed by atoms with E-state index < -0.39 is 18.2 Å². The van der Waals surface area contributed by atoms with E-state index in [9.17, 15) is 14.7 Å². The molecule has 2 heterocycles. The highest BCUT2D eigenvalue weighted by molar-refractivity contribution is 5.75. The Bertz CT molecular complexity index is 1980. The number of aryl methyl sites for hydroxylation is 2. The average molecular weight is 755 g/mol. The Morgan fingerprint density at radius 2 is 1.15 bits per heavy atom. The zero-order chi connectivity index (χ0) is 39.3. The molecule has 3 aromatic carbocycles. The lowest BCUT2D eigenvalue weighted by molar-refractivity contribution is -0.160. The number of rotatable bonds is 21. The number of hydrogen-bond acceptors (Lipinski definition) is 11. The van der Waals surface area contributed by atoms with Crippen molar-refractivity contribution in [3.63, 3.8) is 0 Å². The van der Waals surface area contributed by atoms with Gasteiger partial charge in [0.05, 0.1) is 30.7 Å². The second-order valence-corrected chi connectivity index (χ2v) is 13.2. The predicted octanol–water partition coefficient (Wildman–Crippen LogP) is 7.79. The number of carbonyl (C=O) groups is 2. The maximum atomic E-state index is 12.4. The summed E-state index contributed by atoms with van der Waals surface area (Å²) in [6, 6.07) is 22.7. The van der Waals surface area contributed by atoms with Crippen LogP contribution in [0.4, 0.5) is 0 Å². The van der Waals surface area contributed by atoms with Crippen LogP contribution in [0.15, 0.2) is 81.6 Å². The number of esters is 1. The fourth-order valence-electron chi connectivity index (χ4n) is 5.89. The lowest BCUT2D eigenvalue weighted by Gasteiger charge is -2.18. The van der Waals surface area contributed by atoms with Crippen molar-refractivity contribution in [1.82, 2.24) is 9.97 Å². The SMILES string of the molecule is CCOC(Cc1ccc(OCCc2nc(-c3cccc(-c4nc(CCOc5ccc(C[C@H](OCC)C(=O)O)cc5)c(C)o4)c3)oc2C)cc1)C(=O)OC(C)C. The Kier molecular flexibility index (Phi) is 14.6. The number of benzene rings is 3. The van der Waals surface area contributed by atoms with Gasteiger partial charge in [-0.1, -0.05) is 30.3 Å². The van der Waals surface area contributed by atoms with Gasteiger partial charge in [-0.2, -0.15) is 0 Å². The molecule has 0 saturated carbocycles. The van der Waals surface area contributed by atoms with Gasteiger partial charge < -0.3 is 37.6 Å². The van der Waals surface area contributed by atoms with Crippen molar-refractivity contribution < 1.29 is 47.2 Å². The lowest BCUT2D eigenvalue weighted by Crippen LogP contribution is -2.30. The highest BCUT2D eigenvalue weighted by atomic mass is 16.6. The quantitative estimate of drug-likeness (QED) is 0.0728. The molecule has 1 N–H and O–H groups in total. The van der Waals surface area contributed by atoms with Gasteiger partial charge in [0.25, 0.3) is 0 Å². The number of nitrogens with zero attached hydrogens (tertiary/aromatic N) is 2. The summed E-state index contributed by atoms with van der Waals surface area (Å²) < 4.78 is 40.3. The number of carbonyl (C=O) groups excluding carboxylic acids is 1. The molecule has 12 heteroatoms. The Morgan fingerprint density at radius 1 is 0.691 bits per heavy atom. The van der Waals surface area contributed by atoms with E-state index in [4.69, 9.17) is 42.5 Å². The molecule has 0 aliphatic carbocycles. The number of oxazole rings is 2. The van der Waals surface area contributed by atoms with Crippen molar-refractivity contribution in [2.75, 3.05) is 26.4 Å². The number of carboxylic acid groups (broad SMARTS) is 1. The van der Waals surface area contributed by atoms with Crippen molar-refractivity contribution in [3.05, 3.63) is 107 Å². The predicted molar refractivity (Wildman–Crippen MR) is 205 cm³/mol. The zero-order valence-corrected chi connectivity index (χ0v) is 32.3. The Labute approximate surface area is 321 Å². The summed E-state index contributed by atoms with van der Waals surface area (Å²) in [5, 5.41) is 9.34. The molecule has 0 spiro atoms. The van der Waals surface area contributed by atoms with Crippen LogP contribution in [0.3, 0.4) is 0 Å². The second kappa shape index (κ2) is 19.7. The van der Waals surface area contributed by atoms with Crippen LogP contribution < -0.4 is 9.47 Å². The third kappa shape index (κ3) is 11.8. The molecule has 0 radical (unpaired) electrons. The van der Waals surface area contributed by atoms with Crippen LogP contribution in [0.5, 0.6) is 11.5 Å². The Balaban J connectivity index is 1.13. The molecule has 55 heavy (non-hydrogen) atoms. The van der Waals surface area contributed by atoms with Crippen molar-refractivity contribution in [3.8, 4) is 34.4 Å². The second-order valence-electron chi connectivity index (χ2n) is 13.2. The minimum Gasteiger partial charge on any atom is -0.493 e. The first kappa shape index (κ1) is 40.7. The van der Waals surface area contributed by atoms with Gasteiger partial charge in [0, 0.05) is 50.0 Å². The molecule has 2 atom stereocenters. The molecule has 0 amide bonds. The van der Waals surface area contributed by atoms with E-state index in [1.807, 2.05) is 107 Å². The molecular formula is C43H50N2O10. The van der Waals surface area contributed by atoms with Crippen molar-refractivity contribution in [2.45, 2.75) is 85.5 Å². The first-order chi connectivity index (χ1) is 26.5. The van der Waals surface area contributed by atoms with Crippen LogP contribution in [-0.4, -0.2) is 71.8 Å². The fourth-order valence-corrected chi connectivity index (χ4v) is 5.89. The molecule has 0 aliphatic heterocycles. The molecule has 1 unspecified atom stereocenters. The summed E-state index contributed by atoms with van der Waals surface area (Å²) in [5.41, 5.74) is 4.99. The number of carboxylic acids is 1. The van der Waals surface area contributed by atoms with Crippen LogP contribution in [0, 0.1) is 13.8 Å². The number of aromatic nitrogens is 2. The average Bonchev–Trinajstić information content (AvgIpc) is 3.73. The molecule has 0 aliphatic rings. The smallest absolute Gasteiger partial charge is 0.335 e. The summed E-state index contributed by atoms with van der Waals surface area (Å²) in [5.74, 6) is 2.47. The van der Waals surface area contributed by atoms with Crippen molar-refractivity contribution >= 4 is 11.9 Å². The first-order valence-corrected chi connectivity index (χ1v) is 18.7. The topological polar surface area (TPSA) is 153 Å². The molecule has 292 valence electrons. The maximum absolute atomic E-state index is 12.4. The fraction of sp³-hybridized carbons (Fsp3) is 0.395. The molecule has 5 aromatic rings. The zero-order valence-electron chi connectivity index (χ0n) is 32.3. The van der Waals surface area contributed by atoms with E-state index >= 15 is 0 Å². The van der Waals surface area contributed by atoms with Crippen molar-refractivity contribution in [1.29, 1.82) is 0 Å². The number of ether oxygens (including phenoxy) is 5. The van der Waals surface area contributed by atoms with Gasteiger partial charge in [0.1, 0.15) is 23.0 Å². The van der Waals surface area contributed by atoms with E-state index in [-0.39, 0.29) is 18.5 Å². The molecule has 2 aromatic heterocycles. The highest BCUT2D eigenvalue weighted by Gasteiger charge is 2.22. The number of aliphatic carboxylic acids is 1. The number of hydrogen-bond donors (Lipinski definition) is 1. The molecular weight excluding hydrogens is 704 g/mol. The van der Waals surface area contributed by atoms with Crippen LogP contribution >= 0.6 is 0 Å². The van der Waals surface area contributed by atoms with Gasteiger partial charge in [0.15, 0.2) is 12.2 Å². The molecule has 0 fully saturated rings. The van der Waals surface area contributed by atoms with Gasteiger partial charge in [0.2, 0.25) is 11.8 Å². The van der Waals surface area contributed by atoms with Gasteiger partial charge in [-0.15, -0.1) is 0 Å². The summed E-state index contributed by atoms with van der Waals surface area (Å²) in [4.78, 5) is 33.3. The lowest BCUT2D eigenvalue weighted by atomic mass is 10.1. The van der Waals surface area contributed by atoms with E-state index in [1.165, 1.54) is 0 Å². The van der Waals surface area contributed by atoms with Gasteiger partial charge in [-0.25, -0.2) is 19.6 Å². The summed E-state index contributed by atoms with van der Waals surface area (Å²) in [6.07, 6.45) is 0.0631. The van der Waals surface area contributed by atoms with Crippen LogP contribution in [0.1, 0.15) is 61.7 Å². The molecule has 12 nitrogen and oxygen atoms in total. The minimum absolute atomic E-state index is 0.203. The molecule has 5 rings (SSSR count). The monoisotopic (exact) mass is 754 g/mol. The van der Waals surface area contributed by atoms with E-state index in [1.54, 1.807) is 6.92 Å². The van der Waals surface area contributed by atoms with Crippen LogP contribution in [-0.2, 0) is 49.5 Å². The largest absolute Gasteiger partial charge is 0.493 e.